The van der Waals surface area contributed by atoms with Crippen molar-refractivity contribution in [3.63, 3.8) is 0 Å². The van der Waals surface area contributed by atoms with Gasteiger partial charge in [-0.2, -0.15) is 9.89 Å². The molecule has 6 nitrogen and oxygen atoms in total. The van der Waals surface area contributed by atoms with Gasteiger partial charge in [0.15, 0.2) is 0 Å². The molecule has 0 aliphatic carbocycles. The molecule has 1 fully saturated rings. The molecule has 0 saturated carbocycles. The Morgan fingerprint density at radius 2 is 1.72 bits per heavy atom. The first kappa shape index (κ1) is 10.9. The number of rotatable bonds is 2. The standard InChI is InChI=1S/C12H16N6/c13-18-12(4-6-15-18)17-9-7-16(8-10-17)11-3-1-2-5-14-11/h1-6H,7-10,13H2. The van der Waals surface area contributed by atoms with Crippen molar-refractivity contribution in [2.24, 2.45) is 0 Å². The van der Waals surface area contributed by atoms with Crippen molar-refractivity contribution in [2.75, 3.05) is 41.8 Å². The van der Waals surface area contributed by atoms with Gasteiger partial charge in [0.25, 0.3) is 0 Å². The summed E-state index contributed by atoms with van der Waals surface area (Å²) in [7, 11) is 0. The average molecular weight is 244 g/mol. The lowest BCUT2D eigenvalue weighted by molar-refractivity contribution is 0.628. The Balaban J connectivity index is 1.67. The second-order valence-electron chi connectivity index (χ2n) is 4.30. The SMILES string of the molecule is Nn1nccc1N1CCN(c2ccccn2)CC1. The molecule has 0 aromatic carbocycles. The van der Waals surface area contributed by atoms with Crippen molar-refractivity contribution in [1.82, 2.24) is 14.9 Å². The van der Waals surface area contributed by atoms with Crippen LogP contribution in [0.4, 0.5) is 11.6 Å². The van der Waals surface area contributed by atoms with Gasteiger partial charge < -0.3 is 15.6 Å². The van der Waals surface area contributed by atoms with E-state index in [1.165, 1.54) is 4.79 Å². The highest BCUT2D eigenvalue weighted by Crippen LogP contribution is 2.17. The van der Waals surface area contributed by atoms with E-state index in [1.54, 1.807) is 6.20 Å². The lowest BCUT2D eigenvalue weighted by atomic mass is 10.3. The second-order valence-corrected chi connectivity index (χ2v) is 4.30. The number of hydrogen-bond donors (Lipinski definition) is 1. The van der Waals surface area contributed by atoms with Gasteiger partial charge in [-0.05, 0) is 12.1 Å². The van der Waals surface area contributed by atoms with Crippen molar-refractivity contribution in [3.05, 3.63) is 36.7 Å². The summed E-state index contributed by atoms with van der Waals surface area (Å²) in [5.41, 5.74) is 0. The fourth-order valence-electron chi connectivity index (χ4n) is 2.26. The van der Waals surface area contributed by atoms with Crippen LogP contribution in [0.2, 0.25) is 0 Å². The van der Waals surface area contributed by atoms with Crippen molar-refractivity contribution in [1.29, 1.82) is 0 Å². The summed E-state index contributed by atoms with van der Waals surface area (Å²) < 4.78 is 0. The third kappa shape index (κ3) is 1.97. The fourth-order valence-corrected chi connectivity index (χ4v) is 2.26. The van der Waals surface area contributed by atoms with Crippen LogP contribution in [0.3, 0.4) is 0 Å². The molecular weight excluding hydrogens is 228 g/mol. The van der Waals surface area contributed by atoms with Crippen molar-refractivity contribution in [3.8, 4) is 0 Å². The Hall–Kier alpha value is -2.24. The van der Waals surface area contributed by atoms with E-state index in [0.717, 1.165) is 37.8 Å². The first-order chi connectivity index (χ1) is 8.84. The smallest absolute Gasteiger partial charge is 0.149 e. The minimum absolute atomic E-state index is 0.930. The minimum atomic E-state index is 0.930. The maximum absolute atomic E-state index is 5.76. The largest absolute Gasteiger partial charge is 0.353 e. The molecule has 6 heteroatoms. The van der Waals surface area contributed by atoms with Crippen LogP contribution in [-0.4, -0.2) is 41.1 Å². The summed E-state index contributed by atoms with van der Waals surface area (Å²) in [5.74, 6) is 7.76. The maximum atomic E-state index is 5.76. The van der Waals surface area contributed by atoms with Gasteiger partial charge in [-0.3, -0.25) is 0 Å². The summed E-state index contributed by atoms with van der Waals surface area (Å²) in [6.45, 7) is 3.75. The Labute approximate surface area is 106 Å². The van der Waals surface area contributed by atoms with E-state index in [0.29, 0.717) is 0 Å². The lowest BCUT2D eigenvalue weighted by Crippen LogP contribution is -2.47. The monoisotopic (exact) mass is 244 g/mol. The minimum Gasteiger partial charge on any atom is -0.353 e. The Morgan fingerprint density at radius 3 is 2.33 bits per heavy atom. The highest BCUT2D eigenvalue weighted by Gasteiger charge is 2.19. The van der Waals surface area contributed by atoms with Crippen molar-refractivity contribution in [2.45, 2.75) is 0 Å². The number of nitrogen functional groups attached to an aromatic ring is 1. The number of hydrogen-bond acceptors (Lipinski definition) is 5. The van der Waals surface area contributed by atoms with E-state index in [2.05, 4.69) is 19.9 Å². The molecule has 94 valence electrons. The van der Waals surface area contributed by atoms with Crippen LogP contribution >= 0.6 is 0 Å². The van der Waals surface area contributed by atoms with Gasteiger partial charge in [-0.15, -0.1) is 0 Å². The molecule has 0 atom stereocenters. The van der Waals surface area contributed by atoms with Crippen LogP contribution in [-0.2, 0) is 0 Å². The normalized spacial score (nSPS) is 16.0. The van der Waals surface area contributed by atoms with E-state index in [-0.39, 0.29) is 0 Å². The Kier molecular flexibility index (Phi) is 2.76. The molecule has 18 heavy (non-hydrogen) atoms. The highest BCUT2D eigenvalue weighted by molar-refractivity contribution is 5.44. The molecule has 3 heterocycles. The van der Waals surface area contributed by atoms with E-state index in [9.17, 15) is 0 Å². The van der Waals surface area contributed by atoms with E-state index in [4.69, 9.17) is 5.84 Å². The molecule has 0 bridgehead atoms. The van der Waals surface area contributed by atoms with Crippen LogP contribution in [0.1, 0.15) is 0 Å². The molecule has 0 amide bonds. The van der Waals surface area contributed by atoms with Gasteiger partial charge in [0.05, 0.1) is 6.20 Å². The van der Waals surface area contributed by atoms with Gasteiger partial charge in [-0.1, -0.05) is 6.07 Å². The third-order valence-electron chi connectivity index (χ3n) is 3.23. The molecule has 1 saturated heterocycles. The number of aromatic nitrogens is 3. The summed E-state index contributed by atoms with van der Waals surface area (Å²) in [6, 6.07) is 7.94. The van der Waals surface area contributed by atoms with Gasteiger partial charge in [-0.25, -0.2) is 4.98 Å². The summed E-state index contributed by atoms with van der Waals surface area (Å²) in [5, 5.41) is 4.00. The third-order valence-corrected chi connectivity index (χ3v) is 3.23. The fraction of sp³-hybridized carbons (Fsp3) is 0.333. The summed E-state index contributed by atoms with van der Waals surface area (Å²) >= 11 is 0. The van der Waals surface area contributed by atoms with Gasteiger partial charge >= 0.3 is 0 Å². The molecule has 3 rings (SSSR count). The molecule has 1 aliphatic heterocycles. The Morgan fingerprint density at radius 1 is 0.944 bits per heavy atom. The quantitative estimate of drug-likeness (QED) is 0.771. The maximum Gasteiger partial charge on any atom is 0.149 e. The molecule has 2 aromatic rings. The number of piperazine rings is 1. The summed E-state index contributed by atoms with van der Waals surface area (Å²) in [6.07, 6.45) is 3.55. The van der Waals surface area contributed by atoms with Gasteiger partial charge in [0.2, 0.25) is 0 Å². The van der Waals surface area contributed by atoms with Crippen LogP contribution < -0.4 is 15.6 Å². The van der Waals surface area contributed by atoms with E-state index >= 15 is 0 Å². The number of pyridine rings is 1. The zero-order valence-electron chi connectivity index (χ0n) is 10.1. The molecule has 2 aromatic heterocycles. The van der Waals surface area contributed by atoms with Crippen LogP contribution in [0.15, 0.2) is 36.7 Å². The van der Waals surface area contributed by atoms with Crippen LogP contribution in [0, 0.1) is 0 Å². The van der Waals surface area contributed by atoms with Gasteiger partial charge in [0.1, 0.15) is 11.6 Å². The zero-order valence-corrected chi connectivity index (χ0v) is 10.1. The highest BCUT2D eigenvalue weighted by atomic mass is 15.5. The van der Waals surface area contributed by atoms with Crippen LogP contribution in [0.25, 0.3) is 0 Å². The zero-order chi connectivity index (χ0) is 12.4. The van der Waals surface area contributed by atoms with Crippen molar-refractivity contribution < 1.29 is 0 Å². The first-order valence-corrected chi connectivity index (χ1v) is 6.04. The topological polar surface area (TPSA) is 63.2 Å². The van der Waals surface area contributed by atoms with E-state index < -0.39 is 0 Å². The first-order valence-electron chi connectivity index (χ1n) is 6.04. The number of anilines is 2. The molecule has 0 unspecified atom stereocenters. The predicted octanol–water partition coefficient (Wildman–Crippen LogP) is 0.318. The second kappa shape index (κ2) is 4.56. The molecule has 1 aliphatic rings. The molecular formula is C12H16N6. The van der Waals surface area contributed by atoms with E-state index in [1.807, 2.05) is 30.5 Å². The molecule has 0 radical (unpaired) electrons. The summed E-state index contributed by atoms with van der Waals surface area (Å²) in [4.78, 5) is 10.3. The number of nitrogens with two attached hydrogens (primary N) is 1. The Bertz CT molecular complexity index is 500. The average Bonchev–Trinajstić information content (AvgIpc) is 2.86. The van der Waals surface area contributed by atoms with Gasteiger partial charge in [0, 0.05) is 38.4 Å². The predicted molar refractivity (Wildman–Crippen MR) is 71.0 cm³/mol. The molecule has 0 spiro atoms. The van der Waals surface area contributed by atoms with Crippen molar-refractivity contribution >= 4 is 11.6 Å². The molecule has 2 N–H and O–H groups in total. The van der Waals surface area contributed by atoms with Crippen LogP contribution in [0.5, 0.6) is 0 Å². The number of nitrogens with zero attached hydrogens (tertiary/aromatic N) is 5. The lowest BCUT2D eigenvalue weighted by Gasteiger charge is -2.36.